The molecule has 0 radical (unpaired) electrons. The maximum Gasteiger partial charge on any atom is 0.220 e. The molecule has 1 aromatic carbocycles. The smallest absolute Gasteiger partial charge is 0.220 e. The number of benzene rings is 1. The molecule has 108 valence electrons. The van der Waals surface area contributed by atoms with Crippen LogP contribution in [0.2, 0.25) is 0 Å². The van der Waals surface area contributed by atoms with Gasteiger partial charge in [0.15, 0.2) is 0 Å². The first-order chi connectivity index (χ1) is 10.2. The van der Waals surface area contributed by atoms with E-state index in [1.807, 2.05) is 37.6 Å². The zero-order chi connectivity index (χ0) is 14.7. The van der Waals surface area contributed by atoms with Crippen molar-refractivity contribution in [3.05, 3.63) is 47.9 Å². The van der Waals surface area contributed by atoms with Crippen LogP contribution in [0.5, 0.6) is 0 Å². The Hall–Kier alpha value is -2.63. The van der Waals surface area contributed by atoms with Gasteiger partial charge in [0, 0.05) is 37.8 Å². The molecule has 6 nitrogen and oxygen atoms in total. The van der Waals surface area contributed by atoms with Gasteiger partial charge in [0.1, 0.15) is 0 Å². The summed E-state index contributed by atoms with van der Waals surface area (Å²) in [5.74, 6) is 0.0392. The summed E-state index contributed by atoms with van der Waals surface area (Å²) in [6, 6.07) is 6.04. The zero-order valence-corrected chi connectivity index (χ0v) is 11.8. The summed E-state index contributed by atoms with van der Waals surface area (Å²) in [5, 5.41) is 15.0. The molecule has 3 rings (SSSR count). The standard InChI is InChI=1S/C15H17N5O/c1-20-10-13-4-2-11(6-14(13)19-20)7-16-15(21)5-3-12-8-17-18-9-12/h2,4,6,8-10H,3,5,7H2,1H3,(H,16,21)(H,17,18). The second-order valence-corrected chi connectivity index (χ2v) is 5.08. The molecule has 0 aliphatic rings. The normalized spacial score (nSPS) is 10.9. The number of rotatable bonds is 5. The Morgan fingerprint density at radius 3 is 3.10 bits per heavy atom. The van der Waals surface area contributed by atoms with E-state index in [1.54, 1.807) is 10.9 Å². The van der Waals surface area contributed by atoms with Gasteiger partial charge in [0.25, 0.3) is 0 Å². The first-order valence-electron chi connectivity index (χ1n) is 6.87. The third kappa shape index (κ3) is 3.28. The van der Waals surface area contributed by atoms with Crippen LogP contribution in [0.3, 0.4) is 0 Å². The molecule has 0 unspecified atom stereocenters. The van der Waals surface area contributed by atoms with Crippen LogP contribution in [0.4, 0.5) is 0 Å². The van der Waals surface area contributed by atoms with Crippen LogP contribution in [0.1, 0.15) is 17.5 Å². The Kier molecular flexibility index (Phi) is 3.68. The number of carbonyl (C=O) groups excluding carboxylic acids is 1. The summed E-state index contributed by atoms with van der Waals surface area (Å²) < 4.78 is 1.79. The van der Waals surface area contributed by atoms with Crippen molar-refractivity contribution in [2.45, 2.75) is 19.4 Å². The number of hydrogen-bond donors (Lipinski definition) is 2. The lowest BCUT2D eigenvalue weighted by atomic mass is 10.1. The van der Waals surface area contributed by atoms with Crippen LogP contribution in [0.15, 0.2) is 36.8 Å². The van der Waals surface area contributed by atoms with Crippen molar-refractivity contribution in [2.24, 2.45) is 7.05 Å². The molecule has 0 saturated carbocycles. The molecule has 0 fully saturated rings. The molecule has 2 heterocycles. The number of fused-ring (bicyclic) bond motifs is 1. The third-order valence-electron chi connectivity index (χ3n) is 3.37. The molecule has 2 aromatic heterocycles. The molecule has 21 heavy (non-hydrogen) atoms. The minimum Gasteiger partial charge on any atom is -0.352 e. The van der Waals surface area contributed by atoms with Crippen molar-refractivity contribution in [2.75, 3.05) is 0 Å². The van der Waals surface area contributed by atoms with Crippen LogP contribution in [0.25, 0.3) is 10.9 Å². The number of hydrogen-bond acceptors (Lipinski definition) is 3. The average Bonchev–Trinajstić information content (AvgIpc) is 3.10. The highest BCUT2D eigenvalue weighted by Gasteiger charge is 2.04. The average molecular weight is 283 g/mol. The Labute approximate surface area is 122 Å². The summed E-state index contributed by atoms with van der Waals surface area (Å²) in [4.78, 5) is 11.8. The van der Waals surface area contributed by atoms with E-state index in [4.69, 9.17) is 0 Å². The molecule has 0 saturated heterocycles. The fraction of sp³-hybridized carbons (Fsp3) is 0.267. The van der Waals surface area contributed by atoms with Gasteiger partial charge in [-0.05, 0) is 23.6 Å². The predicted octanol–water partition coefficient (Wildman–Crippen LogP) is 1.55. The molecule has 1 amide bonds. The van der Waals surface area contributed by atoms with Gasteiger partial charge in [-0.15, -0.1) is 0 Å². The van der Waals surface area contributed by atoms with Gasteiger partial charge in [-0.2, -0.15) is 10.2 Å². The van der Waals surface area contributed by atoms with Crippen molar-refractivity contribution in [3.63, 3.8) is 0 Å². The predicted molar refractivity (Wildman–Crippen MR) is 79.5 cm³/mol. The number of nitrogens with one attached hydrogen (secondary N) is 2. The van der Waals surface area contributed by atoms with Crippen LogP contribution in [-0.2, 0) is 24.8 Å². The van der Waals surface area contributed by atoms with Gasteiger partial charge in [-0.25, -0.2) is 0 Å². The van der Waals surface area contributed by atoms with Gasteiger partial charge < -0.3 is 5.32 Å². The number of carbonyl (C=O) groups is 1. The molecule has 0 aliphatic heterocycles. The zero-order valence-electron chi connectivity index (χ0n) is 11.8. The first kappa shape index (κ1) is 13.4. The van der Waals surface area contributed by atoms with E-state index in [9.17, 15) is 4.79 Å². The summed E-state index contributed by atoms with van der Waals surface area (Å²) >= 11 is 0. The Balaban J connectivity index is 1.54. The van der Waals surface area contributed by atoms with E-state index in [0.717, 1.165) is 22.0 Å². The molecule has 0 spiro atoms. The van der Waals surface area contributed by atoms with Gasteiger partial charge in [-0.3, -0.25) is 14.6 Å². The molecule has 0 atom stereocenters. The topological polar surface area (TPSA) is 75.6 Å². The van der Waals surface area contributed by atoms with Crippen LogP contribution in [0, 0.1) is 0 Å². The minimum absolute atomic E-state index is 0.0392. The summed E-state index contributed by atoms with van der Waals surface area (Å²) in [6.07, 6.45) is 6.68. The van der Waals surface area contributed by atoms with Gasteiger partial charge in [-0.1, -0.05) is 12.1 Å². The lowest BCUT2D eigenvalue weighted by Gasteiger charge is -2.05. The Morgan fingerprint density at radius 2 is 2.29 bits per heavy atom. The lowest BCUT2D eigenvalue weighted by Crippen LogP contribution is -2.22. The van der Waals surface area contributed by atoms with E-state index in [2.05, 4.69) is 20.6 Å². The minimum atomic E-state index is 0.0392. The van der Waals surface area contributed by atoms with E-state index in [-0.39, 0.29) is 5.91 Å². The van der Waals surface area contributed by atoms with Gasteiger partial charge in [0.2, 0.25) is 5.91 Å². The molecule has 2 N–H and O–H groups in total. The third-order valence-corrected chi connectivity index (χ3v) is 3.37. The van der Waals surface area contributed by atoms with E-state index in [1.165, 1.54) is 0 Å². The first-order valence-corrected chi connectivity index (χ1v) is 6.87. The van der Waals surface area contributed by atoms with E-state index < -0.39 is 0 Å². The highest BCUT2D eigenvalue weighted by molar-refractivity contribution is 5.79. The van der Waals surface area contributed by atoms with Gasteiger partial charge >= 0.3 is 0 Å². The van der Waals surface area contributed by atoms with Crippen molar-refractivity contribution in [1.29, 1.82) is 0 Å². The second kappa shape index (κ2) is 5.78. The monoisotopic (exact) mass is 283 g/mol. The van der Waals surface area contributed by atoms with Crippen LogP contribution in [-0.4, -0.2) is 25.9 Å². The lowest BCUT2D eigenvalue weighted by molar-refractivity contribution is -0.121. The quantitative estimate of drug-likeness (QED) is 0.746. The SMILES string of the molecule is Cn1cc2ccc(CNC(=O)CCc3cn[nH]c3)cc2n1. The van der Waals surface area contributed by atoms with E-state index in [0.29, 0.717) is 19.4 Å². The number of nitrogens with zero attached hydrogens (tertiary/aromatic N) is 3. The Bertz CT molecular complexity index is 745. The maximum absolute atomic E-state index is 11.8. The highest BCUT2D eigenvalue weighted by atomic mass is 16.1. The van der Waals surface area contributed by atoms with Gasteiger partial charge in [0.05, 0.1) is 11.7 Å². The number of amides is 1. The molecular weight excluding hydrogens is 266 g/mol. The fourth-order valence-corrected chi connectivity index (χ4v) is 2.26. The number of aromatic amines is 1. The van der Waals surface area contributed by atoms with Crippen molar-refractivity contribution in [3.8, 4) is 0 Å². The number of aryl methyl sites for hydroxylation is 2. The Morgan fingerprint density at radius 1 is 1.38 bits per heavy atom. The molecule has 3 aromatic rings. The highest BCUT2D eigenvalue weighted by Crippen LogP contribution is 2.13. The largest absolute Gasteiger partial charge is 0.352 e. The molecule has 6 heteroatoms. The number of H-pyrrole nitrogens is 1. The fourth-order valence-electron chi connectivity index (χ4n) is 2.26. The summed E-state index contributed by atoms with van der Waals surface area (Å²) in [6.45, 7) is 0.525. The summed E-state index contributed by atoms with van der Waals surface area (Å²) in [5.41, 5.74) is 3.04. The van der Waals surface area contributed by atoms with Crippen molar-refractivity contribution in [1.82, 2.24) is 25.3 Å². The second-order valence-electron chi connectivity index (χ2n) is 5.08. The molecular formula is C15H17N5O. The van der Waals surface area contributed by atoms with Crippen LogP contribution < -0.4 is 5.32 Å². The van der Waals surface area contributed by atoms with Crippen molar-refractivity contribution < 1.29 is 4.79 Å². The van der Waals surface area contributed by atoms with Crippen LogP contribution >= 0.6 is 0 Å². The summed E-state index contributed by atoms with van der Waals surface area (Å²) in [7, 11) is 1.90. The van der Waals surface area contributed by atoms with Crippen molar-refractivity contribution >= 4 is 16.8 Å². The van der Waals surface area contributed by atoms with E-state index >= 15 is 0 Å². The molecule has 0 aliphatic carbocycles. The number of aromatic nitrogens is 4. The maximum atomic E-state index is 11.8. The molecule has 0 bridgehead atoms.